The van der Waals surface area contributed by atoms with Crippen molar-refractivity contribution < 1.29 is 9.59 Å². The van der Waals surface area contributed by atoms with Gasteiger partial charge in [0.15, 0.2) is 0 Å². The molecular formula is C20H20N4O2. The van der Waals surface area contributed by atoms with Gasteiger partial charge in [-0.3, -0.25) is 9.59 Å². The summed E-state index contributed by atoms with van der Waals surface area (Å²) in [4.78, 5) is 25.7. The minimum Gasteiger partial charge on any atom is -0.348 e. The highest BCUT2D eigenvalue weighted by Crippen LogP contribution is 2.09. The summed E-state index contributed by atoms with van der Waals surface area (Å²) in [6.07, 6.45) is 3.24. The molecule has 0 bridgehead atoms. The zero-order chi connectivity index (χ0) is 18.5. The number of aromatic nitrogens is 2. The third kappa shape index (κ3) is 3.97. The highest BCUT2D eigenvalue weighted by molar-refractivity contribution is 5.94. The second-order valence-corrected chi connectivity index (χ2v) is 6.09. The predicted molar refractivity (Wildman–Crippen MR) is 99.2 cm³/mol. The van der Waals surface area contributed by atoms with Crippen LogP contribution in [0.4, 0.5) is 0 Å². The van der Waals surface area contributed by atoms with E-state index in [2.05, 4.69) is 10.4 Å². The van der Waals surface area contributed by atoms with Gasteiger partial charge in [0.05, 0.1) is 17.4 Å². The molecule has 0 saturated carbocycles. The maximum absolute atomic E-state index is 12.3. The Labute approximate surface area is 152 Å². The number of hydrogen-bond acceptors (Lipinski definition) is 3. The summed E-state index contributed by atoms with van der Waals surface area (Å²) in [6.45, 7) is 0.381. The van der Waals surface area contributed by atoms with E-state index < -0.39 is 0 Å². The van der Waals surface area contributed by atoms with Gasteiger partial charge in [0.25, 0.3) is 11.8 Å². The molecule has 1 heterocycles. The monoisotopic (exact) mass is 348 g/mol. The van der Waals surface area contributed by atoms with Gasteiger partial charge in [0.1, 0.15) is 0 Å². The van der Waals surface area contributed by atoms with Gasteiger partial charge in [-0.25, -0.2) is 4.68 Å². The Balaban J connectivity index is 1.61. The molecule has 0 aliphatic carbocycles. The summed E-state index contributed by atoms with van der Waals surface area (Å²) in [5.41, 5.74) is 2.93. The van der Waals surface area contributed by atoms with E-state index in [4.69, 9.17) is 0 Å². The number of benzene rings is 2. The first-order chi connectivity index (χ1) is 12.5. The maximum atomic E-state index is 12.3. The van der Waals surface area contributed by atoms with Crippen molar-refractivity contribution in [2.24, 2.45) is 0 Å². The number of hydrogen-bond donors (Lipinski definition) is 1. The topological polar surface area (TPSA) is 67.2 Å². The molecule has 1 aromatic heterocycles. The van der Waals surface area contributed by atoms with Crippen molar-refractivity contribution in [3.63, 3.8) is 0 Å². The first-order valence-corrected chi connectivity index (χ1v) is 8.23. The summed E-state index contributed by atoms with van der Waals surface area (Å²) in [6, 6.07) is 16.8. The van der Waals surface area contributed by atoms with Crippen LogP contribution in [0.25, 0.3) is 5.69 Å². The fourth-order valence-corrected chi connectivity index (χ4v) is 2.47. The Kier molecular flexibility index (Phi) is 5.12. The fourth-order valence-electron chi connectivity index (χ4n) is 2.47. The quantitative estimate of drug-likeness (QED) is 0.770. The van der Waals surface area contributed by atoms with Gasteiger partial charge in [-0.15, -0.1) is 0 Å². The van der Waals surface area contributed by atoms with Crippen molar-refractivity contribution in [3.05, 3.63) is 83.7 Å². The second kappa shape index (κ2) is 7.65. The standard InChI is InChI=1S/C20H20N4O2/c1-23(2)20(26)16-10-8-15(9-11-16)12-21-19(25)17-13-22-24(14-17)18-6-4-3-5-7-18/h3-11,13-14H,12H2,1-2H3,(H,21,25). The molecule has 0 saturated heterocycles. The molecule has 3 aromatic rings. The molecular weight excluding hydrogens is 328 g/mol. The fraction of sp³-hybridized carbons (Fsp3) is 0.150. The Morgan fingerprint density at radius 1 is 1.00 bits per heavy atom. The number of nitrogens with zero attached hydrogens (tertiary/aromatic N) is 3. The summed E-state index contributed by atoms with van der Waals surface area (Å²) in [7, 11) is 3.43. The molecule has 0 fully saturated rings. The van der Waals surface area contributed by atoms with Gasteiger partial charge in [0, 0.05) is 32.4 Å². The minimum absolute atomic E-state index is 0.0473. The van der Waals surface area contributed by atoms with Gasteiger partial charge in [-0.1, -0.05) is 30.3 Å². The predicted octanol–water partition coefficient (Wildman–Crippen LogP) is 2.50. The number of rotatable bonds is 5. The molecule has 0 aliphatic heterocycles. The van der Waals surface area contributed by atoms with E-state index in [0.717, 1.165) is 11.3 Å². The summed E-state index contributed by atoms with van der Waals surface area (Å²) < 4.78 is 1.66. The Hall–Kier alpha value is -3.41. The molecule has 0 unspecified atom stereocenters. The molecule has 26 heavy (non-hydrogen) atoms. The first kappa shape index (κ1) is 17.4. The highest BCUT2D eigenvalue weighted by Gasteiger charge is 2.10. The normalized spacial score (nSPS) is 10.4. The number of carbonyl (C=O) groups excluding carboxylic acids is 2. The Morgan fingerprint density at radius 3 is 2.35 bits per heavy atom. The molecule has 132 valence electrons. The number of carbonyl (C=O) groups is 2. The molecule has 6 nitrogen and oxygen atoms in total. The first-order valence-electron chi connectivity index (χ1n) is 8.23. The molecule has 1 N–H and O–H groups in total. The van der Waals surface area contributed by atoms with Crippen LogP contribution in [0.5, 0.6) is 0 Å². The van der Waals surface area contributed by atoms with E-state index in [1.807, 2.05) is 42.5 Å². The second-order valence-electron chi connectivity index (χ2n) is 6.09. The lowest BCUT2D eigenvalue weighted by Crippen LogP contribution is -2.23. The lowest BCUT2D eigenvalue weighted by molar-refractivity contribution is 0.0827. The average Bonchev–Trinajstić information content (AvgIpc) is 3.17. The van der Waals surface area contributed by atoms with Crippen LogP contribution < -0.4 is 5.32 Å². The average molecular weight is 348 g/mol. The van der Waals surface area contributed by atoms with E-state index in [1.165, 1.54) is 4.90 Å². The number of nitrogens with one attached hydrogen (secondary N) is 1. The smallest absolute Gasteiger partial charge is 0.254 e. The van der Waals surface area contributed by atoms with Gasteiger partial charge in [0.2, 0.25) is 0 Å². The van der Waals surface area contributed by atoms with E-state index in [1.54, 1.807) is 43.3 Å². The van der Waals surface area contributed by atoms with Crippen molar-refractivity contribution >= 4 is 11.8 Å². The number of para-hydroxylation sites is 1. The van der Waals surface area contributed by atoms with Crippen molar-refractivity contribution in [1.29, 1.82) is 0 Å². The van der Waals surface area contributed by atoms with Gasteiger partial charge < -0.3 is 10.2 Å². The molecule has 6 heteroatoms. The van der Waals surface area contributed by atoms with E-state index in [-0.39, 0.29) is 11.8 Å². The van der Waals surface area contributed by atoms with Crippen LogP contribution in [0.1, 0.15) is 26.3 Å². The number of amides is 2. The third-order valence-corrected chi connectivity index (χ3v) is 3.93. The Morgan fingerprint density at radius 2 is 1.69 bits per heavy atom. The van der Waals surface area contributed by atoms with Crippen LogP contribution >= 0.6 is 0 Å². The summed E-state index contributed by atoms with van der Waals surface area (Å²) >= 11 is 0. The van der Waals surface area contributed by atoms with Crippen LogP contribution in [0.3, 0.4) is 0 Å². The van der Waals surface area contributed by atoms with Crippen molar-refractivity contribution in [3.8, 4) is 5.69 Å². The van der Waals surface area contributed by atoms with Crippen molar-refractivity contribution in [2.75, 3.05) is 14.1 Å². The molecule has 0 atom stereocenters. The SMILES string of the molecule is CN(C)C(=O)c1ccc(CNC(=O)c2cnn(-c3ccccc3)c2)cc1. The van der Waals surface area contributed by atoms with Gasteiger partial charge >= 0.3 is 0 Å². The van der Waals surface area contributed by atoms with Crippen molar-refractivity contribution in [1.82, 2.24) is 20.0 Å². The van der Waals surface area contributed by atoms with Crippen LogP contribution in [-0.2, 0) is 6.54 Å². The van der Waals surface area contributed by atoms with Crippen LogP contribution in [-0.4, -0.2) is 40.6 Å². The lowest BCUT2D eigenvalue weighted by atomic mass is 10.1. The maximum Gasteiger partial charge on any atom is 0.254 e. The van der Waals surface area contributed by atoms with E-state index in [9.17, 15) is 9.59 Å². The molecule has 2 amide bonds. The van der Waals surface area contributed by atoms with E-state index in [0.29, 0.717) is 17.7 Å². The zero-order valence-corrected chi connectivity index (χ0v) is 14.7. The minimum atomic E-state index is -0.194. The zero-order valence-electron chi connectivity index (χ0n) is 14.7. The third-order valence-electron chi connectivity index (χ3n) is 3.93. The summed E-state index contributed by atoms with van der Waals surface area (Å²) in [5.74, 6) is -0.241. The van der Waals surface area contributed by atoms with Gasteiger partial charge in [-0.2, -0.15) is 5.10 Å². The van der Waals surface area contributed by atoms with Crippen LogP contribution in [0.15, 0.2) is 67.0 Å². The van der Waals surface area contributed by atoms with E-state index >= 15 is 0 Å². The Bertz CT molecular complexity index is 899. The largest absolute Gasteiger partial charge is 0.348 e. The summed E-state index contributed by atoms with van der Waals surface area (Å²) in [5, 5.41) is 7.09. The highest BCUT2D eigenvalue weighted by atomic mass is 16.2. The van der Waals surface area contributed by atoms with Crippen LogP contribution in [0.2, 0.25) is 0 Å². The van der Waals surface area contributed by atoms with Crippen molar-refractivity contribution in [2.45, 2.75) is 6.54 Å². The van der Waals surface area contributed by atoms with Gasteiger partial charge in [-0.05, 0) is 29.8 Å². The molecule has 0 radical (unpaired) electrons. The molecule has 3 rings (SSSR count). The lowest BCUT2D eigenvalue weighted by Gasteiger charge is -2.10. The van der Waals surface area contributed by atoms with Crippen LogP contribution in [0, 0.1) is 0 Å². The molecule has 0 aliphatic rings. The molecule has 2 aromatic carbocycles. The molecule has 0 spiro atoms.